The summed E-state index contributed by atoms with van der Waals surface area (Å²) in [6.45, 7) is 2.04. The van der Waals surface area contributed by atoms with Crippen LogP contribution in [-0.2, 0) is 11.3 Å². The van der Waals surface area contributed by atoms with Gasteiger partial charge in [-0.2, -0.15) is 0 Å². The number of benzene rings is 1. The first-order valence-corrected chi connectivity index (χ1v) is 6.04. The number of amides is 1. The van der Waals surface area contributed by atoms with E-state index in [4.69, 9.17) is 18.0 Å². The normalized spacial score (nSPS) is 16.4. The molecule has 18 heavy (non-hydrogen) atoms. The second kappa shape index (κ2) is 5.41. The van der Waals surface area contributed by atoms with E-state index in [1.807, 2.05) is 4.90 Å². The summed E-state index contributed by atoms with van der Waals surface area (Å²) in [6.07, 6.45) is 0. The highest BCUT2D eigenvalue weighted by Gasteiger charge is 2.17. The van der Waals surface area contributed by atoms with Crippen molar-refractivity contribution in [2.45, 2.75) is 6.54 Å². The average molecular weight is 267 g/mol. The third kappa shape index (κ3) is 3.02. The van der Waals surface area contributed by atoms with E-state index in [9.17, 15) is 9.18 Å². The lowest BCUT2D eigenvalue weighted by Gasteiger charge is -2.26. The van der Waals surface area contributed by atoms with E-state index in [0.29, 0.717) is 30.8 Å². The first-order valence-electron chi connectivity index (χ1n) is 5.63. The highest BCUT2D eigenvalue weighted by Crippen LogP contribution is 2.13. The van der Waals surface area contributed by atoms with Gasteiger partial charge in [0.1, 0.15) is 10.8 Å². The maximum Gasteiger partial charge on any atom is 0.234 e. The van der Waals surface area contributed by atoms with Crippen LogP contribution in [0.2, 0.25) is 0 Å². The van der Waals surface area contributed by atoms with Crippen LogP contribution in [0.1, 0.15) is 11.1 Å². The fraction of sp³-hybridized carbons (Fsp3) is 0.333. The molecule has 0 radical (unpaired) electrons. The molecule has 3 N–H and O–H groups in total. The number of halogens is 1. The van der Waals surface area contributed by atoms with Crippen LogP contribution in [0.15, 0.2) is 18.2 Å². The Morgan fingerprint density at radius 3 is 2.94 bits per heavy atom. The molecule has 1 aromatic rings. The maximum atomic E-state index is 13.8. The lowest BCUT2D eigenvalue weighted by Crippen LogP contribution is -2.47. The number of rotatable bonds is 3. The van der Waals surface area contributed by atoms with E-state index in [1.54, 1.807) is 12.1 Å². The molecular weight excluding hydrogens is 253 g/mol. The van der Waals surface area contributed by atoms with Crippen LogP contribution in [0.25, 0.3) is 0 Å². The molecule has 0 unspecified atom stereocenters. The van der Waals surface area contributed by atoms with E-state index >= 15 is 0 Å². The molecule has 1 aliphatic heterocycles. The topological polar surface area (TPSA) is 58.4 Å². The number of hydrogen-bond donors (Lipinski definition) is 2. The SMILES string of the molecule is NC(=S)c1ccc(CN2CCNC(=O)C2)c(F)c1. The number of nitrogens with two attached hydrogens (primary N) is 1. The summed E-state index contributed by atoms with van der Waals surface area (Å²) in [5.41, 5.74) is 6.50. The van der Waals surface area contributed by atoms with E-state index in [2.05, 4.69) is 5.32 Å². The molecule has 1 fully saturated rings. The number of piperazine rings is 1. The summed E-state index contributed by atoms with van der Waals surface area (Å²) in [6, 6.07) is 4.70. The molecule has 4 nitrogen and oxygen atoms in total. The molecule has 1 saturated heterocycles. The molecule has 2 rings (SSSR count). The molecule has 1 amide bonds. The van der Waals surface area contributed by atoms with E-state index < -0.39 is 0 Å². The molecule has 0 aromatic heterocycles. The molecule has 6 heteroatoms. The molecule has 0 atom stereocenters. The standard InChI is InChI=1S/C12H14FN3OS/c13-10-5-8(12(14)18)1-2-9(10)6-16-4-3-15-11(17)7-16/h1-2,5H,3-4,6-7H2,(H2,14,18)(H,15,17). The van der Waals surface area contributed by atoms with Gasteiger partial charge in [0.15, 0.2) is 0 Å². The van der Waals surface area contributed by atoms with Gasteiger partial charge in [-0.3, -0.25) is 9.69 Å². The van der Waals surface area contributed by atoms with Crippen LogP contribution in [0.3, 0.4) is 0 Å². The van der Waals surface area contributed by atoms with E-state index in [-0.39, 0.29) is 16.7 Å². The zero-order valence-corrected chi connectivity index (χ0v) is 10.6. The molecule has 96 valence electrons. The minimum atomic E-state index is -0.341. The Morgan fingerprint density at radius 2 is 2.33 bits per heavy atom. The number of thiocarbonyl (C=S) groups is 1. The number of nitrogens with one attached hydrogen (secondary N) is 1. The minimum Gasteiger partial charge on any atom is -0.389 e. The number of nitrogens with zero attached hydrogens (tertiary/aromatic N) is 1. The van der Waals surface area contributed by atoms with Gasteiger partial charge in [-0.25, -0.2) is 4.39 Å². The van der Waals surface area contributed by atoms with Gasteiger partial charge in [0.25, 0.3) is 0 Å². The van der Waals surface area contributed by atoms with Crippen molar-refractivity contribution in [3.05, 3.63) is 35.1 Å². The smallest absolute Gasteiger partial charge is 0.234 e. The Morgan fingerprint density at radius 1 is 1.56 bits per heavy atom. The molecule has 0 spiro atoms. The molecule has 0 aliphatic carbocycles. The summed E-state index contributed by atoms with van der Waals surface area (Å²) >= 11 is 4.79. The average Bonchev–Trinajstić information content (AvgIpc) is 2.31. The summed E-state index contributed by atoms with van der Waals surface area (Å²) in [5, 5.41) is 2.73. The van der Waals surface area contributed by atoms with Gasteiger partial charge < -0.3 is 11.1 Å². The molecular formula is C12H14FN3OS. The highest BCUT2D eigenvalue weighted by molar-refractivity contribution is 7.80. The van der Waals surface area contributed by atoms with Gasteiger partial charge in [0, 0.05) is 30.8 Å². The predicted octanol–water partition coefficient (Wildman–Crippen LogP) is 0.392. The van der Waals surface area contributed by atoms with Crippen molar-refractivity contribution in [3.8, 4) is 0 Å². The zero-order chi connectivity index (χ0) is 13.1. The fourth-order valence-electron chi connectivity index (χ4n) is 1.90. The third-order valence-electron chi connectivity index (χ3n) is 2.85. The second-order valence-corrected chi connectivity index (χ2v) is 4.67. The number of hydrogen-bond acceptors (Lipinski definition) is 3. The van der Waals surface area contributed by atoms with Crippen LogP contribution in [0, 0.1) is 5.82 Å². The van der Waals surface area contributed by atoms with Gasteiger partial charge in [-0.15, -0.1) is 0 Å². The van der Waals surface area contributed by atoms with Crippen LogP contribution >= 0.6 is 12.2 Å². The van der Waals surface area contributed by atoms with Crippen LogP contribution in [0.5, 0.6) is 0 Å². The van der Waals surface area contributed by atoms with E-state index in [1.165, 1.54) is 6.07 Å². The summed E-state index contributed by atoms with van der Waals surface area (Å²) < 4.78 is 13.8. The van der Waals surface area contributed by atoms with Gasteiger partial charge in [-0.05, 0) is 6.07 Å². The molecule has 1 aliphatic rings. The van der Waals surface area contributed by atoms with Crippen molar-refractivity contribution < 1.29 is 9.18 Å². The van der Waals surface area contributed by atoms with Crippen molar-refractivity contribution >= 4 is 23.1 Å². The van der Waals surface area contributed by atoms with Crippen molar-refractivity contribution in [2.75, 3.05) is 19.6 Å². The summed E-state index contributed by atoms with van der Waals surface area (Å²) in [5.74, 6) is -0.368. The second-order valence-electron chi connectivity index (χ2n) is 4.23. The molecule has 1 heterocycles. The third-order valence-corrected chi connectivity index (χ3v) is 3.08. The Balaban J connectivity index is 2.09. The fourth-order valence-corrected chi connectivity index (χ4v) is 2.02. The Labute approximate surface area is 110 Å². The van der Waals surface area contributed by atoms with Gasteiger partial charge in [0.2, 0.25) is 5.91 Å². The van der Waals surface area contributed by atoms with Crippen LogP contribution in [0.4, 0.5) is 4.39 Å². The molecule has 0 saturated carbocycles. The quantitative estimate of drug-likeness (QED) is 0.778. The lowest BCUT2D eigenvalue weighted by atomic mass is 10.1. The van der Waals surface area contributed by atoms with Crippen LogP contribution in [-0.4, -0.2) is 35.4 Å². The number of carbonyl (C=O) groups excluding carboxylic acids is 1. The maximum absolute atomic E-state index is 13.8. The van der Waals surface area contributed by atoms with Crippen molar-refractivity contribution in [3.63, 3.8) is 0 Å². The van der Waals surface area contributed by atoms with Gasteiger partial charge >= 0.3 is 0 Å². The van der Waals surface area contributed by atoms with Crippen molar-refractivity contribution in [2.24, 2.45) is 5.73 Å². The van der Waals surface area contributed by atoms with Crippen molar-refractivity contribution in [1.29, 1.82) is 0 Å². The largest absolute Gasteiger partial charge is 0.389 e. The monoisotopic (exact) mass is 267 g/mol. The first kappa shape index (κ1) is 12.9. The van der Waals surface area contributed by atoms with E-state index in [0.717, 1.165) is 6.54 Å². The first-order chi connectivity index (χ1) is 8.56. The molecule has 1 aromatic carbocycles. The van der Waals surface area contributed by atoms with Gasteiger partial charge in [0.05, 0.1) is 6.54 Å². The highest BCUT2D eigenvalue weighted by atomic mass is 32.1. The Kier molecular flexibility index (Phi) is 3.88. The van der Waals surface area contributed by atoms with Gasteiger partial charge in [-0.1, -0.05) is 24.4 Å². The molecule has 0 bridgehead atoms. The minimum absolute atomic E-state index is 0.0265. The van der Waals surface area contributed by atoms with Crippen LogP contribution < -0.4 is 11.1 Å². The predicted molar refractivity (Wildman–Crippen MR) is 70.6 cm³/mol. The van der Waals surface area contributed by atoms with Crippen molar-refractivity contribution in [1.82, 2.24) is 10.2 Å². The Bertz CT molecular complexity index is 492. The summed E-state index contributed by atoms with van der Waals surface area (Å²) in [7, 11) is 0. The number of carbonyl (C=O) groups is 1. The summed E-state index contributed by atoms with van der Waals surface area (Å²) in [4.78, 5) is 13.3. The zero-order valence-electron chi connectivity index (χ0n) is 9.78. The Hall–Kier alpha value is -1.53. The lowest BCUT2D eigenvalue weighted by molar-refractivity contribution is -0.124.